The quantitative estimate of drug-likeness (QED) is 0.539. The van der Waals surface area contributed by atoms with Crippen molar-refractivity contribution in [1.29, 1.82) is 0 Å². The van der Waals surface area contributed by atoms with Gasteiger partial charge in [0.05, 0.1) is 6.61 Å². The third-order valence-corrected chi connectivity index (χ3v) is 2.21. The number of aryl methyl sites for hydroxylation is 1. The van der Waals surface area contributed by atoms with Crippen molar-refractivity contribution < 1.29 is 19.0 Å². The summed E-state index contributed by atoms with van der Waals surface area (Å²) in [6, 6.07) is 7.60. The summed E-state index contributed by atoms with van der Waals surface area (Å²) in [5.74, 6) is 0.563. The molecule has 94 valence electrons. The summed E-state index contributed by atoms with van der Waals surface area (Å²) in [7, 11) is 1.57. The van der Waals surface area contributed by atoms with Gasteiger partial charge < -0.3 is 14.2 Å². The lowest BCUT2D eigenvalue weighted by Gasteiger charge is -2.10. The second kappa shape index (κ2) is 7.68. The van der Waals surface area contributed by atoms with E-state index in [0.717, 1.165) is 11.3 Å². The van der Waals surface area contributed by atoms with Crippen molar-refractivity contribution in [2.45, 2.75) is 19.8 Å². The van der Waals surface area contributed by atoms with Crippen LogP contribution in [0.2, 0.25) is 0 Å². The summed E-state index contributed by atoms with van der Waals surface area (Å²) in [5, 5.41) is 0. The number of ether oxygens (including phenoxy) is 3. The molecular formula is C13H18O4. The van der Waals surface area contributed by atoms with Crippen molar-refractivity contribution in [3.8, 4) is 5.75 Å². The van der Waals surface area contributed by atoms with E-state index >= 15 is 0 Å². The van der Waals surface area contributed by atoms with Crippen LogP contribution in [0.1, 0.15) is 18.9 Å². The van der Waals surface area contributed by atoms with Gasteiger partial charge in [-0.1, -0.05) is 18.2 Å². The van der Waals surface area contributed by atoms with E-state index in [0.29, 0.717) is 19.4 Å². The molecule has 0 saturated carbocycles. The average molecular weight is 238 g/mol. The molecule has 0 aliphatic heterocycles. The fourth-order valence-electron chi connectivity index (χ4n) is 1.44. The summed E-state index contributed by atoms with van der Waals surface area (Å²) in [6.45, 7) is 2.42. The topological polar surface area (TPSA) is 44.8 Å². The van der Waals surface area contributed by atoms with Gasteiger partial charge in [-0.25, -0.2) is 0 Å². The molecule has 0 spiro atoms. The average Bonchev–Trinajstić information content (AvgIpc) is 2.35. The zero-order chi connectivity index (χ0) is 12.5. The van der Waals surface area contributed by atoms with Crippen LogP contribution in [0.25, 0.3) is 0 Å². The smallest absolute Gasteiger partial charge is 0.306 e. The molecular weight excluding hydrogens is 220 g/mol. The molecule has 1 aromatic carbocycles. The van der Waals surface area contributed by atoms with E-state index in [4.69, 9.17) is 14.2 Å². The molecule has 0 saturated heterocycles. The Morgan fingerprint density at radius 3 is 2.76 bits per heavy atom. The number of para-hydroxylation sites is 1. The second-order valence-electron chi connectivity index (χ2n) is 3.46. The molecule has 0 aliphatic rings. The minimum absolute atomic E-state index is 0.186. The third kappa shape index (κ3) is 4.87. The van der Waals surface area contributed by atoms with Crippen LogP contribution in [0.3, 0.4) is 0 Å². The van der Waals surface area contributed by atoms with Gasteiger partial charge in [-0.05, 0) is 25.0 Å². The van der Waals surface area contributed by atoms with Gasteiger partial charge in [0.1, 0.15) is 5.75 Å². The van der Waals surface area contributed by atoms with E-state index in [1.54, 1.807) is 14.0 Å². The monoisotopic (exact) mass is 238 g/mol. The Kier molecular flexibility index (Phi) is 6.10. The Balaban J connectivity index is 2.54. The van der Waals surface area contributed by atoms with Crippen molar-refractivity contribution in [3.63, 3.8) is 0 Å². The summed E-state index contributed by atoms with van der Waals surface area (Å²) < 4.78 is 15.1. The Morgan fingerprint density at radius 2 is 2.06 bits per heavy atom. The van der Waals surface area contributed by atoms with Gasteiger partial charge in [-0.2, -0.15) is 0 Å². The van der Waals surface area contributed by atoms with E-state index in [-0.39, 0.29) is 12.8 Å². The van der Waals surface area contributed by atoms with E-state index < -0.39 is 0 Å². The van der Waals surface area contributed by atoms with Crippen LogP contribution in [0.4, 0.5) is 0 Å². The van der Waals surface area contributed by atoms with Crippen LogP contribution in [-0.4, -0.2) is 26.5 Å². The fraction of sp³-hybridized carbons (Fsp3) is 0.462. The van der Waals surface area contributed by atoms with Gasteiger partial charge in [0.25, 0.3) is 0 Å². The molecule has 0 amide bonds. The maximum atomic E-state index is 11.3. The summed E-state index contributed by atoms with van der Waals surface area (Å²) >= 11 is 0. The molecule has 0 fully saturated rings. The third-order valence-electron chi connectivity index (χ3n) is 2.21. The summed E-state index contributed by atoms with van der Waals surface area (Å²) in [5.41, 5.74) is 0.984. The molecule has 1 aromatic rings. The molecule has 0 heterocycles. The normalized spacial score (nSPS) is 10.0. The number of methoxy groups -OCH3 is 1. The molecule has 0 N–H and O–H groups in total. The van der Waals surface area contributed by atoms with E-state index in [2.05, 4.69) is 0 Å². The molecule has 0 aromatic heterocycles. The SMILES string of the molecule is CCOC(=O)CCc1ccccc1OCOC. The maximum Gasteiger partial charge on any atom is 0.306 e. The van der Waals surface area contributed by atoms with Crippen LogP contribution in [0.15, 0.2) is 24.3 Å². The zero-order valence-electron chi connectivity index (χ0n) is 10.3. The molecule has 0 unspecified atom stereocenters. The predicted octanol–water partition coefficient (Wildman–Crippen LogP) is 2.17. The second-order valence-corrected chi connectivity index (χ2v) is 3.46. The van der Waals surface area contributed by atoms with Gasteiger partial charge in [0, 0.05) is 13.5 Å². The highest BCUT2D eigenvalue weighted by atomic mass is 16.7. The van der Waals surface area contributed by atoms with Gasteiger partial charge in [0.2, 0.25) is 0 Å². The highest BCUT2D eigenvalue weighted by molar-refractivity contribution is 5.69. The number of carbonyl (C=O) groups excluding carboxylic acids is 1. The van der Waals surface area contributed by atoms with Crippen molar-refractivity contribution >= 4 is 5.97 Å². The summed E-state index contributed by atoms with van der Waals surface area (Å²) in [6.07, 6.45) is 0.972. The number of esters is 1. The molecule has 1 rings (SSSR count). The first-order chi connectivity index (χ1) is 8.27. The number of benzene rings is 1. The molecule has 4 nitrogen and oxygen atoms in total. The largest absolute Gasteiger partial charge is 0.467 e. The Bertz CT molecular complexity index is 349. The zero-order valence-corrected chi connectivity index (χ0v) is 10.3. The van der Waals surface area contributed by atoms with Gasteiger partial charge in [0.15, 0.2) is 6.79 Å². The van der Waals surface area contributed by atoms with Crippen LogP contribution in [0.5, 0.6) is 5.75 Å². The number of carbonyl (C=O) groups is 1. The Morgan fingerprint density at radius 1 is 1.29 bits per heavy atom. The number of hydrogen-bond acceptors (Lipinski definition) is 4. The fourth-order valence-corrected chi connectivity index (χ4v) is 1.44. The van der Waals surface area contributed by atoms with E-state index in [9.17, 15) is 4.79 Å². The molecule has 0 aliphatic carbocycles. The molecule has 0 atom stereocenters. The molecule has 4 heteroatoms. The van der Waals surface area contributed by atoms with Crippen molar-refractivity contribution in [2.75, 3.05) is 20.5 Å². The van der Waals surface area contributed by atoms with Gasteiger partial charge >= 0.3 is 5.97 Å². The van der Waals surface area contributed by atoms with Crippen LogP contribution >= 0.6 is 0 Å². The van der Waals surface area contributed by atoms with Crippen LogP contribution in [-0.2, 0) is 20.7 Å². The lowest BCUT2D eigenvalue weighted by molar-refractivity contribution is -0.143. The minimum atomic E-state index is -0.186. The Labute approximate surface area is 101 Å². The first kappa shape index (κ1) is 13.5. The van der Waals surface area contributed by atoms with Crippen molar-refractivity contribution in [3.05, 3.63) is 29.8 Å². The van der Waals surface area contributed by atoms with Crippen LogP contribution in [0, 0.1) is 0 Å². The first-order valence-electron chi connectivity index (χ1n) is 5.63. The summed E-state index contributed by atoms with van der Waals surface area (Å²) in [4.78, 5) is 11.3. The van der Waals surface area contributed by atoms with E-state index in [1.165, 1.54) is 0 Å². The molecule has 17 heavy (non-hydrogen) atoms. The maximum absolute atomic E-state index is 11.3. The predicted molar refractivity (Wildman–Crippen MR) is 63.9 cm³/mol. The first-order valence-corrected chi connectivity index (χ1v) is 5.63. The minimum Gasteiger partial charge on any atom is -0.467 e. The number of hydrogen-bond donors (Lipinski definition) is 0. The van der Waals surface area contributed by atoms with Crippen LogP contribution < -0.4 is 4.74 Å². The standard InChI is InChI=1S/C13H18O4/c1-3-16-13(14)9-8-11-6-4-5-7-12(11)17-10-15-2/h4-7H,3,8-10H2,1-2H3. The van der Waals surface area contributed by atoms with Gasteiger partial charge in [-0.15, -0.1) is 0 Å². The van der Waals surface area contributed by atoms with E-state index in [1.807, 2.05) is 24.3 Å². The lowest BCUT2D eigenvalue weighted by atomic mass is 10.1. The lowest BCUT2D eigenvalue weighted by Crippen LogP contribution is -2.07. The highest BCUT2D eigenvalue weighted by Crippen LogP contribution is 2.19. The molecule has 0 radical (unpaired) electrons. The molecule has 0 bridgehead atoms. The van der Waals surface area contributed by atoms with Crippen molar-refractivity contribution in [2.24, 2.45) is 0 Å². The Hall–Kier alpha value is -1.55. The highest BCUT2D eigenvalue weighted by Gasteiger charge is 2.07. The van der Waals surface area contributed by atoms with Crippen molar-refractivity contribution in [1.82, 2.24) is 0 Å². The van der Waals surface area contributed by atoms with Gasteiger partial charge in [-0.3, -0.25) is 4.79 Å². The number of rotatable bonds is 7.